The molecule has 0 aromatic heterocycles. The van der Waals surface area contributed by atoms with E-state index in [9.17, 15) is 9.59 Å². The molecule has 2 atom stereocenters. The molecule has 0 spiro atoms. The zero-order valence-electron chi connectivity index (χ0n) is 14.2. The average Bonchev–Trinajstić information content (AvgIpc) is 2.37. The minimum Gasteiger partial charge on any atom is -0.466 e. The first-order valence-electron chi connectivity index (χ1n) is 8.18. The molecule has 0 radical (unpaired) electrons. The van der Waals surface area contributed by atoms with Gasteiger partial charge in [0.2, 0.25) is 0 Å². The Morgan fingerprint density at radius 2 is 1.86 bits per heavy atom. The van der Waals surface area contributed by atoms with E-state index in [4.69, 9.17) is 9.47 Å². The van der Waals surface area contributed by atoms with Crippen molar-refractivity contribution < 1.29 is 19.1 Å². The fourth-order valence-electron chi connectivity index (χ4n) is 2.59. The smallest absolute Gasteiger partial charge is 0.407 e. The van der Waals surface area contributed by atoms with Gasteiger partial charge in [0.25, 0.3) is 0 Å². The number of esters is 1. The van der Waals surface area contributed by atoms with E-state index in [0.29, 0.717) is 25.6 Å². The van der Waals surface area contributed by atoms with Crippen molar-refractivity contribution in [1.82, 2.24) is 10.6 Å². The second-order valence-electron chi connectivity index (χ2n) is 6.72. The maximum atomic E-state index is 11.8. The second-order valence-corrected chi connectivity index (χ2v) is 6.72. The number of carbonyl (C=O) groups is 2. The third kappa shape index (κ3) is 8.22. The molecule has 0 aromatic carbocycles. The summed E-state index contributed by atoms with van der Waals surface area (Å²) in [5.41, 5.74) is -0.476. The summed E-state index contributed by atoms with van der Waals surface area (Å²) >= 11 is 0. The van der Waals surface area contributed by atoms with Crippen LogP contribution in [-0.2, 0) is 14.3 Å². The topological polar surface area (TPSA) is 76.7 Å². The third-order valence-corrected chi connectivity index (χ3v) is 3.46. The Morgan fingerprint density at radius 1 is 1.18 bits per heavy atom. The van der Waals surface area contributed by atoms with E-state index < -0.39 is 5.60 Å². The number of amides is 1. The van der Waals surface area contributed by atoms with Crippen LogP contribution in [0, 0.1) is 0 Å². The van der Waals surface area contributed by atoms with Gasteiger partial charge in [-0.3, -0.25) is 4.79 Å². The van der Waals surface area contributed by atoms with Crippen LogP contribution >= 0.6 is 0 Å². The summed E-state index contributed by atoms with van der Waals surface area (Å²) in [7, 11) is 0. The molecule has 0 bridgehead atoms. The predicted molar refractivity (Wildman–Crippen MR) is 84.7 cm³/mol. The van der Waals surface area contributed by atoms with Crippen LogP contribution in [-0.4, -0.2) is 42.9 Å². The summed E-state index contributed by atoms with van der Waals surface area (Å²) in [6.45, 7) is 8.40. The molecule has 0 aromatic rings. The van der Waals surface area contributed by atoms with Gasteiger partial charge in [0.15, 0.2) is 0 Å². The summed E-state index contributed by atoms with van der Waals surface area (Å²) < 4.78 is 10.2. The van der Waals surface area contributed by atoms with E-state index in [0.717, 1.165) is 25.7 Å². The van der Waals surface area contributed by atoms with Gasteiger partial charge in [-0.15, -0.1) is 0 Å². The van der Waals surface area contributed by atoms with Crippen LogP contribution in [0.2, 0.25) is 0 Å². The van der Waals surface area contributed by atoms with Crippen LogP contribution < -0.4 is 10.6 Å². The van der Waals surface area contributed by atoms with E-state index in [-0.39, 0.29) is 18.1 Å². The first kappa shape index (κ1) is 18.7. The SMILES string of the molecule is CCOC(=O)CCNC1CCCC(NC(=O)OC(C)(C)C)C1. The molecule has 0 heterocycles. The van der Waals surface area contributed by atoms with E-state index in [2.05, 4.69) is 10.6 Å². The van der Waals surface area contributed by atoms with Crippen molar-refractivity contribution in [3.05, 3.63) is 0 Å². The number of ether oxygens (including phenoxy) is 2. The predicted octanol–water partition coefficient (Wildman–Crippen LogP) is 2.37. The molecule has 1 amide bonds. The molecular weight excluding hydrogens is 284 g/mol. The lowest BCUT2D eigenvalue weighted by atomic mass is 9.91. The highest BCUT2D eigenvalue weighted by Gasteiger charge is 2.25. The Labute approximate surface area is 133 Å². The number of rotatable bonds is 6. The molecule has 22 heavy (non-hydrogen) atoms. The number of nitrogens with one attached hydrogen (secondary N) is 2. The van der Waals surface area contributed by atoms with Crippen molar-refractivity contribution >= 4 is 12.1 Å². The lowest BCUT2D eigenvalue weighted by Crippen LogP contribution is -2.46. The van der Waals surface area contributed by atoms with Gasteiger partial charge in [-0.2, -0.15) is 0 Å². The number of hydrogen-bond acceptors (Lipinski definition) is 5. The van der Waals surface area contributed by atoms with Gasteiger partial charge in [0, 0.05) is 18.6 Å². The average molecular weight is 314 g/mol. The Hall–Kier alpha value is -1.30. The molecule has 0 aliphatic heterocycles. The van der Waals surface area contributed by atoms with E-state index >= 15 is 0 Å². The van der Waals surface area contributed by atoms with Gasteiger partial charge in [-0.05, 0) is 53.4 Å². The van der Waals surface area contributed by atoms with Crippen molar-refractivity contribution in [2.75, 3.05) is 13.2 Å². The standard InChI is InChI=1S/C16H30N2O4/c1-5-21-14(19)9-10-17-12-7-6-8-13(11-12)18-15(20)22-16(2,3)4/h12-13,17H,5-11H2,1-4H3,(H,18,20). The highest BCUT2D eigenvalue weighted by atomic mass is 16.6. The maximum Gasteiger partial charge on any atom is 0.407 e. The Balaban J connectivity index is 2.26. The quantitative estimate of drug-likeness (QED) is 0.736. The van der Waals surface area contributed by atoms with Gasteiger partial charge in [-0.25, -0.2) is 4.79 Å². The number of hydrogen-bond donors (Lipinski definition) is 2. The largest absolute Gasteiger partial charge is 0.466 e. The molecule has 1 fully saturated rings. The van der Waals surface area contributed by atoms with Crippen molar-refractivity contribution in [1.29, 1.82) is 0 Å². The summed E-state index contributed by atoms with van der Waals surface area (Å²) in [6.07, 6.45) is 3.98. The molecule has 6 heteroatoms. The minimum atomic E-state index is -0.476. The summed E-state index contributed by atoms with van der Waals surface area (Å²) in [4.78, 5) is 23.1. The number of carbonyl (C=O) groups excluding carboxylic acids is 2. The second kappa shape index (κ2) is 8.98. The van der Waals surface area contributed by atoms with Gasteiger partial charge in [-0.1, -0.05) is 0 Å². The molecule has 1 rings (SSSR count). The molecule has 6 nitrogen and oxygen atoms in total. The highest BCUT2D eigenvalue weighted by Crippen LogP contribution is 2.19. The summed E-state index contributed by atoms with van der Waals surface area (Å²) in [5.74, 6) is -0.172. The molecular formula is C16H30N2O4. The molecule has 1 saturated carbocycles. The Morgan fingerprint density at radius 3 is 2.50 bits per heavy atom. The third-order valence-electron chi connectivity index (χ3n) is 3.46. The van der Waals surface area contributed by atoms with Crippen LogP contribution in [0.1, 0.15) is 59.8 Å². The van der Waals surface area contributed by atoms with Crippen LogP contribution in [0.25, 0.3) is 0 Å². The van der Waals surface area contributed by atoms with Crippen molar-refractivity contribution in [3.8, 4) is 0 Å². The van der Waals surface area contributed by atoms with Crippen molar-refractivity contribution in [2.24, 2.45) is 0 Å². The zero-order chi connectivity index (χ0) is 16.6. The van der Waals surface area contributed by atoms with Gasteiger partial charge >= 0.3 is 12.1 Å². The molecule has 1 aliphatic carbocycles. The minimum absolute atomic E-state index is 0.128. The Bertz CT molecular complexity index is 366. The van der Waals surface area contributed by atoms with Crippen LogP contribution in [0.5, 0.6) is 0 Å². The lowest BCUT2D eigenvalue weighted by molar-refractivity contribution is -0.143. The first-order chi connectivity index (χ1) is 10.3. The summed E-state index contributed by atoms with van der Waals surface area (Å²) in [6, 6.07) is 0.451. The highest BCUT2D eigenvalue weighted by molar-refractivity contribution is 5.69. The van der Waals surface area contributed by atoms with E-state index in [1.54, 1.807) is 6.92 Å². The summed E-state index contributed by atoms with van der Waals surface area (Å²) in [5, 5.41) is 6.30. The fraction of sp³-hybridized carbons (Fsp3) is 0.875. The fourth-order valence-corrected chi connectivity index (χ4v) is 2.59. The van der Waals surface area contributed by atoms with Crippen molar-refractivity contribution in [2.45, 2.75) is 77.5 Å². The van der Waals surface area contributed by atoms with Gasteiger partial charge in [0.05, 0.1) is 13.0 Å². The normalized spacial score (nSPS) is 22.0. The molecule has 0 saturated heterocycles. The molecule has 128 valence electrons. The van der Waals surface area contributed by atoms with Gasteiger partial charge in [0.1, 0.15) is 5.60 Å². The molecule has 1 aliphatic rings. The van der Waals surface area contributed by atoms with Crippen molar-refractivity contribution in [3.63, 3.8) is 0 Å². The zero-order valence-corrected chi connectivity index (χ0v) is 14.2. The Kier molecular flexibility index (Phi) is 7.65. The maximum absolute atomic E-state index is 11.8. The monoisotopic (exact) mass is 314 g/mol. The molecule has 2 unspecified atom stereocenters. The van der Waals surface area contributed by atoms with E-state index in [1.165, 1.54) is 0 Å². The van der Waals surface area contributed by atoms with E-state index in [1.807, 2.05) is 20.8 Å². The number of alkyl carbamates (subject to hydrolysis) is 1. The van der Waals surface area contributed by atoms with Gasteiger partial charge < -0.3 is 20.1 Å². The lowest BCUT2D eigenvalue weighted by Gasteiger charge is -2.31. The van der Waals surface area contributed by atoms with Crippen LogP contribution in [0.3, 0.4) is 0 Å². The van der Waals surface area contributed by atoms with Crippen LogP contribution in [0.15, 0.2) is 0 Å². The van der Waals surface area contributed by atoms with Crippen LogP contribution in [0.4, 0.5) is 4.79 Å². The first-order valence-corrected chi connectivity index (χ1v) is 8.18. The molecule has 2 N–H and O–H groups in total.